The Bertz CT molecular complexity index is 1830. The molecule has 0 saturated carbocycles. The third-order valence-corrected chi connectivity index (χ3v) is 6.69. The minimum atomic E-state index is 0.992. The molecule has 0 unspecified atom stereocenters. The highest BCUT2D eigenvalue weighted by atomic mass is 14.7. The van der Waals surface area contributed by atoms with Gasteiger partial charge in [0, 0.05) is 22.7 Å². The van der Waals surface area contributed by atoms with E-state index >= 15 is 0 Å². The summed E-state index contributed by atoms with van der Waals surface area (Å²) >= 11 is 0. The molecule has 0 aliphatic carbocycles. The first-order valence-electron chi connectivity index (χ1n) is 11.5. The van der Waals surface area contributed by atoms with Gasteiger partial charge in [-0.2, -0.15) is 0 Å². The Balaban J connectivity index is 1.50. The highest BCUT2D eigenvalue weighted by Crippen LogP contribution is 2.38. The third-order valence-electron chi connectivity index (χ3n) is 6.69. The van der Waals surface area contributed by atoms with Crippen LogP contribution in [0.4, 0.5) is 0 Å². The van der Waals surface area contributed by atoms with E-state index in [-0.39, 0.29) is 0 Å². The number of para-hydroxylation sites is 1. The molecule has 0 amide bonds. The number of nitrogens with zero attached hydrogens (tertiary/aromatic N) is 2. The molecule has 0 fully saturated rings. The Kier molecular flexibility index (Phi) is 4.18. The highest BCUT2D eigenvalue weighted by Gasteiger charge is 2.12. The van der Waals surface area contributed by atoms with Gasteiger partial charge in [0.05, 0.1) is 16.9 Å². The molecule has 34 heavy (non-hydrogen) atoms. The van der Waals surface area contributed by atoms with E-state index in [0.717, 1.165) is 33.4 Å². The second-order valence-electron chi connectivity index (χ2n) is 8.67. The lowest BCUT2D eigenvalue weighted by Crippen LogP contribution is -1.88. The first-order chi connectivity index (χ1) is 16.8. The molecule has 2 nitrogen and oxygen atoms in total. The van der Waals surface area contributed by atoms with Crippen molar-refractivity contribution >= 4 is 43.2 Å². The topological polar surface area (TPSA) is 25.8 Å². The molecule has 2 heterocycles. The Morgan fingerprint density at radius 2 is 1.03 bits per heavy atom. The molecule has 0 atom stereocenters. The Morgan fingerprint density at radius 3 is 1.74 bits per heavy atom. The number of hydrogen-bond acceptors (Lipinski definition) is 2. The van der Waals surface area contributed by atoms with E-state index in [1.54, 1.807) is 0 Å². The number of rotatable bonds is 2. The van der Waals surface area contributed by atoms with Crippen LogP contribution in [0.3, 0.4) is 0 Å². The predicted molar refractivity (Wildman–Crippen MR) is 143 cm³/mol. The first-order valence-corrected chi connectivity index (χ1v) is 11.5. The van der Waals surface area contributed by atoms with Crippen molar-refractivity contribution < 1.29 is 0 Å². The average Bonchev–Trinajstić information content (AvgIpc) is 2.93. The molecule has 0 aliphatic rings. The predicted octanol–water partition coefficient (Wildman–Crippen LogP) is 8.42. The zero-order valence-corrected chi connectivity index (χ0v) is 18.4. The minimum Gasteiger partial charge on any atom is -0.256 e. The normalized spacial score (nSPS) is 11.5. The maximum absolute atomic E-state index is 4.93. The van der Waals surface area contributed by atoms with Crippen LogP contribution in [0.2, 0.25) is 0 Å². The molecule has 0 aliphatic heterocycles. The van der Waals surface area contributed by atoms with Crippen LogP contribution in [0.5, 0.6) is 0 Å². The van der Waals surface area contributed by atoms with Crippen LogP contribution in [-0.4, -0.2) is 9.97 Å². The first kappa shape index (κ1) is 19.0. The second kappa shape index (κ2) is 7.50. The summed E-state index contributed by atoms with van der Waals surface area (Å²) in [5, 5.41) is 8.69. The summed E-state index contributed by atoms with van der Waals surface area (Å²) in [6, 6.07) is 40.7. The van der Waals surface area contributed by atoms with Crippen molar-refractivity contribution in [1.29, 1.82) is 0 Å². The monoisotopic (exact) mass is 432 g/mol. The van der Waals surface area contributed by atoms with Gasteiger partial charge in [-0.1, -0.05) is 78.9 Å². The molecular formula is C32H20N2. The molecule has 5 aromatic carbocycles. The number of hydrogen-bond donors (Lipinski definition) is 0. The molecule has 0 N–H and O–H groups in total. The van der Waals surface area contributed by atoms with Gasteiger partial charge >= 0.3 is 0 Å². The van der Waals surface area contributed by atoms with Gasteiger partial charge in [-0.3, -0.25) is 4.98 Å². The van der Waals surface area contributed by atoms with Crippen LogP contribution in [-0.2, 0) is 0 Å². The van der Waals surface area contributed by atoms with E-state index in [4.69, 9.17) is 4.98 Å². The number of benzene rings is 5. The lowest BCUT2D eigenvalue weighted by molar-refractivity contribution is 1.33. The molecule has 0 saturated heterocycles. The van der Waals surface area contributed by atoms with E-state index in [0.29, 0.717) is 0 Å². The van der Waals surface area contributed by atoms with Crippen molar-refractivity contribution in [2.45, 2.75) is 0 Å². The Morgan fingerprint density at radius 1 is 0.412 bits per heavy atom. The van der Waals surface area contributed by atoms with Crippen LogP contribution in [0.1, 0.15) is 0 Å². The van der Waals surface area contributed by atoms with E-state index < -0.39 is 0 Å². The quantitative estimate of drug-likeness (QED) is 0.256. The van der Waals surface area contributed by atoms with Gasteiger partial charge < -0.3 is 0 Å². The lowest BCUT2D eigenvalue weighted by atomic mass is 9.91. The lowest BCUT2D eigenvalue weighted by Gasteiger charge is -2.13. The van der Waals surface area contributed by atoms with Crippen molar-refractivity contribution in [2.75, 3.05) is 0 Å². The molecule has 7 rings (SSSR count). The number of pyridine rings is 2. The molecule has 7 aromatic rings. The maximum Gasteiger partial charge on any atom is 0.0709 e. The standard InChI is InChI=1S/C32H20N2/c1-4-11-31-21(7-1)14-17-32(34-31)23-13-16-27-26-15-12-22(30-10-5-6-18-33-30)19-28(26)24-8-2-3-9-25(24)29(27)20-23/h1-20H. The largest absolute Gasteiger partial charge is 0.256 e. The van der Waals surface area contributed by atoms with Crippen LogP contribution < -0.4 is 0 Å². The van der Waals surface area contributed by atoms with Gasteiger partial charge in [-0.05, 0) is 68.7 Å². The summed E-state index contributed by atoms with van der Waals surface area (Å²) in [7, 11) is 0. The minimum absolute atomic E-state index is 0.992. The average molecular weight is 433 g/mol. The van der Waals surface area contributed by atoms with Crippen molar-refractivity contribution in [3.63, 3.8) is 0 Å². The molecule has 158 valence electrons. The summed E-state index contributed by atoms with van der Waals surface area (Å²) in [5.41, 5.74) is 5.27. The number of fused-ring (bicyclic) bond motifs is 7. The van der Waals surface area contributed by atoms with E-state index in [1.165, 1.54) is 32.3 Å². The molecule has 0 bridgehead atoms. The van der Waals surface area contributed by atoms with Crippen LogP contribution in [0.15, 0.2) is 121 Å². The zero-order chi connectivity index (χ0) is 22.5. The molecule has 2 heteroatoms. The van der Waals surface area contributed by atoms with Gasteiger partial charge in [0.25, 0.3) is 0 Å². The molecule has 0 radical (unpaired) electrons. The van der Waals surface area contributed by atoms with Crippen molar-refractivity contribution in [3.05, 3.63) is 121 Å². The van der Waals surface area contributed by atoms with Crippen LogP contribution in [0.25, 0.3) is 65.7 Å². The van der Waals surface area contributed by atoms with Crippen LogP contribution >= 0.6 is 0 Å². The summed E-state index contributed by atoms with van der Waals surface area (Å²) in [6.45, 7) is 0. The summed E-state index contributed by atoms with van der Waals surface area (Å²) in [5.74, 6) is 0. The zero-order valence-electron chi connectivity index (χ0n) is 18.4. The SMILES string of the molecule is c1ccc(-c2ccc3c4ccc(-c5ccc6ccccc6n5)cc4c4ccccc4c3c2)nc1. The Hall–Kier alpha value is -4.56. The van der Waals surface area contributed by atoms with Crippen molar-refractivity contribution in [3.8, 4) is 22.5 Å². The van der Waals surface area contributed by atoms with E-state index in [2.05, 4.69) is 102 Å². The fourth-order valence-electron chi connectivity index (χ4n) is 5.04. The second-order valence-corrected chi connectivity index (χ2v) is 8.67. The van der Waals surface area contributed by atoms with E-state index in [9.17, 15) is 0 Å². The Labute approximate surface area is 197 Å². The number of aromatic nitrogens is 2. The van der Waals surface area contributed by atoms with Crippen LogP contribution in [0, 0.1) is 0 Å². The maximum atomic E-state index is 4.93. The fourth-order valence-corrected chi connectivity index (χ4v) is 5.04. The summed E-state index contributed by atoms with van der Waals surface area (Å²) in [4.78, 5) is 9.49. The molecule has 2 aromatic heterocycles. The van der Waals surface area contributed by atoms with E-state index in [1.807, 2.05) is 24.4 Å². The highest BCUT2D eigenvalue weighted by molar-refractivity contribution is 6.26. The third kappa shape index (κ3) is 2.96. The van der Waals surface area contributed by atoms with Crippen molar-refractivity contribution in [1.82, 2.24) is 9.97 Å². The fraction of sp³-hybridized carbons (Fsp3) is 0. The van der Waals surface area contributed by atoms with Gasteiger partial charge in [-0.25, -0.2) is 4.98 Å². The van der Waals surface area contributed by atoms with Gasteiger partial charge in [0.1, 0.15) is 0 Å². The smallest absolute Gasteiger partial charge is 0.0709 e. The van der Waals surface area contributed by atoms with Gasteiger partial charge in [-0.15, -0.1) is 0 Å². The van der Waals surface area contributed by atoms with Gasteiger partial charge in [0.2, 0.25) is 0 Å². The van der Waals surface area contributed by atoms with Gasteiger partial charge in [0.15, 0.2) is 0 Å². The molecular weight excluding hydrogens is 412 g/mol. The molecule has 0 spiro atoms. The van der Waals surface area contributed by atoms with Crippen molar-refractivity contribution in [2.24, 2.45) is 0 Å². The summed E-state index contributed by atoms with van der Waals surface area (Å²) in [6.07, 6.45) is 1.85. The summed E-state index contributed by atoms with van der Waals surface area (Å²) < 4.78 is 0.